The van der Waals surface area contributed by atoms with Crippen LogP contribution in [0.5, 0.6) is 0 Å². The van der Waals surface area contributed by atoms with Crippen molar-refractivity contribution >= 4 is 44.5 Å². The molecule has 0 N–H and O–H groups in total. The van der Waals surface area contributed by atoms with Crippen LogP contribution in [0.3, 0.4) is 0 Å². The molecule has 0 saturated heterocycles. The van der Waals surface area contributed by atoms with Gasteiger partial charge in [-0.1, -0.05) is 40.2 Å². The van der Waals surface area contributed by atoms with Crippen LogP contribution in [0.2, 0.25) is 0 Å². The van der Waals surface area contributed by atoms with Gasteiger partial charge in [0.25, 0.3) is 0 Å². The summed E-state index contributed by atoms with van der Waals surface area (Å²) in [5, 5.41) is 0. The van der Waals surface area contributed by atoms with Gasteiger partial charge in [-0.15, -0.1) is 0 Å². The van der Waals surface area contributed by atoms with Crippen molar-refractivity contribution in [1.29, 1.82) is 0 Å². The molecule has 0 aromatic heterocycles. The van der Waals surface area contributed by atoms with Crippen LogP contribution in [-0.4, -0.2) is 12.6 Å². The molecular weight excluding hydrogens is 455 g/mol. The summed E-state index contributed by atoms with van der Waals surface area (Å²) in [4.78, 5) is 11.6. The molecule has 0 spiro atoms. The van der Waals surface area contributed by atoms with Gasteiger partial charge in [0, 0.05) is 14.5 Å². The first-order valence-corrected chi connectivity index (χ1v) is 9.13. The fourth-order valence-corrected chi connectivity index (χ4v) is 3.42. The van der Waals surface area contributed by atoms with Gasteiger partial charge in [-0.2, -0.15) is 0 Å². The lowest BCUT2D eigenvalue weighted by Crippen LogP contribution is -2.07. The Labute approximate surface area is 153 Å². The maximum absolute atomic E-state index is 11.6. The van der Waals surface area contributed by atoms with E-state index in [0.717, 1.165) is 17.3 Å². The van der Waals surface area contributed by atoms with Gasteiger partial charge in [0.1, 0.15) is 0 Å². The Kier molecular flexibility index (Phi) is 6.89. The molecule has 0 radical (unpaired) electrons. The zero-order valence-corrected chi connectivity index (χ0v) is 16.2. The van der Waals surface area contributed by atoms with E-state index in [0.29, 0.717) is 13.0 Å². The smallest absolute Gasteiger partial charge is 0.306 e. The van der Waals surface area contributed by atoms with Crippen molar-refractivity contribution in [1.82, 2.24) is 0 Å². The summed E-state index contributed by atoms with van der Waals surface area (Å²) in [6, 6.07) is 14.7. The number of hydrogen-bond donors (Lipinski definition) is 0. The molecule has 0 aliphatic heterocycles. The van der Waals surface area contributed by atoms with Crippen LogP contribution >= 0.6 is 38.5 Å². The Morgan fingerprint density at radius 2 is 1.91 bits per heavy atom. The maximum atomic E-state index is 11.6. The fourth-order valence-electron chi connectivity index (χ4n) is 2.33. The SMILES string of the molecule is CCOC(=O)CCc1c(I)cccc1Cc1ccc(Br)cc1. The van der Waals surface area contributed by atoms with E-state index in [4.69, 9.17) is 4.74 Å². The van der Waals surface area contributed by atoms with Gasteiger partial charge in [-0.25, -0.2) is 0 Å². The standard InChI is InChI=1S/C18H18BrIO2/c1-2-22-18(21)11-10-16-14(4-3-5-17(16)20)12-13-6-8-15(19)9-7-13/h3-9H,2,10-12H2,1H3. The van der Waals surface area contributed by atoms with Gasteiger partial charge in [0.15, 0.2) is 0 Å². The Hall–Kier alpha value is -0.880. The lowest BCUT2D eigenvalue weighted by molar-refractivity contribution is -0.143. The summed E-state index contributed by atoms with van der Waals surface area (Å²) < 4.78 is 7.32. The number of carbonyl (C=O) groups is 1. The van der Waals surface area contributed by atoms with Crippen molar-refractivity contribution in [2.45, 2.75) is 26.2 Å². The van der Waals surface area contributed by atoms with E-state index in [9.17, 15) is 4.79 Å². The Morgan fingerprint density at radius 1 is 1.18 bits per heavy atom. The molecule has 22 heavy (non-hydrogen) atoms. The zero-order valence-electron chi connectivity index (χ0n) is 12.4. The molecule has 0 aliphatic rings. The molecule has 116 valence electrons. The monoisotopic (exact) mass is 472 g/mol. The predicted molar refractivity (Wildman–Crippen MR) is 101 cm³/mol. The minimum Gasteiger partial charge on any atom is -0.466 e. The third-order valence-electron chi connectivity index (χ3n) is 3.41. The highest BCUT2D eigenvalue weighted by molar-refractivity contribution is 14.1. The number of carbonyl (C=O) groups excluding carboxylic acids is 1. The van der Waals surface area contributed by atoms with Gasteiger partial charge in [0.05, 0.1) is 6.61 Å². The highest BCUT2D eigenvalue weighted by atomic mass is 127. The van der Waals surface area contributed by atoms with E-state index in [1.807, 2.05) is 6.92 Å². The molecule has 0 fully saturated rings. The summed E-state index contributed by atoms with van der Waals surface area (Å²) in [6.07, 6.45) is 2.04. The first-order valence-electron chi connectivity index (χ1n) is 7.26. The van der Waals surface area contributed by atoms with Crippen LogP contribution < -0.4 is 0 Å². The topological polar surface area (TPSA) is 26.3 Å². The lowest BCUT2D eigenvalue weighted by atomic mass is 9.97. The Morgan fingerprint density at radius 3 is 2.59 bits per heavy atom. The molecule has 2 aromatic rings. The van der Waals surface area contributed by atoms with Gasteiger partial charge in [-0.05, 0) is 77.2 Å². The van der Waals surface area contributed by atoms with E-state index in [1.54, 1.807) is 0 Å². The van der Waals surface area contributed by atoms with Crippen molar-refractivity contribution in [2.24, 2.45) is 0 Å². The summed E-state index contributed by atoms with van der Waals surface area (Å²) in [5.41, 5.74) is 3.79. The van der Waals surface area contributed by atoms with Crippen molar-refractivity contribution < 1.29 is 9.53 Å². The predicted octanol–water partition coefficient (Wildman–Crippen LogP) is 5.14. The summed E-state index contributed by atoms with van der Waals surface area (Å²) in [5.74, 6) is -0.128. The second kappa shape index (κ2) is 8.67. The van der Waals surface area contributed by atoms with Crippen LogP contribution in [0, 0.1) is 3.57 Å². The molecule has 0 aliphatic carbocycles. The molecule has 0 bridgehead atoms. The number of ether oxygens (including phenoxy) is 1. The van der Waals surface area contributed by atoms with E-state index in [-0.39, 0.29) is 5.97 Å². The minimum absolute atomic E-state index is 0.128. The van der Waals surface area contributed by atoms with Gasteiger partial charge >= 0.3 is 5.97 Å². The third kappa shape index (κ3) is 5.09. The normalized spacial score (nSPS) is 10.5. The van der Waals surface area contributed by atoms with Crippen LogP contribution in [0.25, 0.3) is 0 Å². The quantitative estimate of drug-likeness (QED) is 0.429. The van der Waals surface area contributed by atoms with E-state index in [1.165, 1.54) is 20.3 Å². The van der Waals surface area contributed by atoms with Gasteiger partial charge in [0.2, 0.25) is 0 Å². The maximum Gasteiger partial charge on any atom is 0.306 e. The number of benzene rings is 2. The van der Waals surface area contributed by atoms with Crippen LogP contribution in [0.15, 0.2) is 46.9 Å². The van der Waals surface area contributed by atoms with Crippen molar-refractivity contribution in [3.8, 4) is 0 Å². The van der Waals surface area contributed by atoms with Crippen LogP contribution in [-0.2, 0) is 22.4 Å². The van der Waals surface area contributed by atoms with Crippen LogP contribution in [0.4, 0.5) is 0 Å². The second-order valence-electron chi connectivity index (χ2n) is 4.99. The first kappa shape index (κ1) is 17.5. The molecule has 2 aromatic carbocycles. The largest absolute Gasteiger partial charge is 0.466 e. The highest BCUT2D eigenvalue weighted by Crippen LogP contribution is 2.22. The van der Waals surface area contributed by atoms with Gasteiger partial charge < -0.3 is 4.74 Å². The summed E-state index contributed by atoms with van der Waals surface area (Å²) in [7, 11) is 0. The average Bonchev–Trinajstić information content (AvgIpc) is 2.49. The minimum atomic E-state index is -0.128. The summed E-state index contributed by atoms with van der Waals surface area (Å²) >= 11 is 5.80. The molecule has 4 heteroatoms. The van der Waals surface area contributed by atoms with Gasteiger partial charge in [-0.3, -0.25) is 4.79 Å². The van der Waals surface area contributed by atoms with Crippen molar-refractivity contribution in [3.05, 3.63) is 67.2 Å². The van der Waals surface area contributed by atoms with E-state index < -0.39 is 0 Å². The van der Waals surface area contributed by atoms with E-state index in [2.05, 4.69) is 81.0 Å². The Balaban J connectivity index is 2.15. The molecule has 2 nitrogen and oxygen atoms in total. The number of rotatable bonds is 6. The van der Waals surface area contributed by atoms with Crippen molar-refractivity contribution in [3.63, 3.8) is 0 Å². The number of halogens is 2. The van der Waals surface area contributed by atoms with Crippen molar-refractivity contribution in [2.75, 3.05) is 6.61 Å². The second-order valence-corrected chi connectivity index (χ2v) is 7.06. The fraction of sp³-hybridized carbons (Fsp3) is 0.278. The Bertz CT molecular complexity index is 638. The number of hydrogen-bond acceptors (Lipinski definition) is 2. The molecular formula is C18H18BrIO2. The molecule has 0 saturated carbocycles. The molecule has 0 atom stereocenters. The third-order valence-corrected chi connectivity index (χ3v) is 4.95. The lowest BCUT2D eigenvalue weighted by Gasteiger charge is -2.12. The van der Waals surface area contributed by atoms with E-state index >= 15 is 0 Å². The number of esters is 1. The zero-order chi connectivity index (χ0) is 15.9. The molecule has 0 amide bonds. The molecule has 0 unspecified atom stereocenters. The summed E-state index contributed by atoms with van der Waals surface area (Å²) in [6.45, 7) is 2.28. The average molecular weight is 473 g/mol. The highest BCUT2D eigenvalue weighted by Gasteiger charge is 2.10. The molecule has 0 heterocycles. The van der Waals surface area contributed by atoms with Crippen LogP contribution in [0.1, 0.15) is 30.0 Å². The first-order chi connectivity index (χ1) is 10.6. The molecule has 2 rings (SSSR count).